The molecule has 0 fully saturated rings. The Morgan fingerprint density at radius 2 is 2.00 bits per heavy atom. The molecule has 0 aliphatic carbocycles. The predicted molar refractivity (Wildman–Crippen MR) is 81.7 cm³/mol. The zero-order valence-corrected chi connectivity index (χ0v) is 12.2. The van der Waals surface area contributed by atoms with Gasteiger partial charge in [-0.15, -0.1) is 0 Å². The Hall–Kier alpha value is -2.36. The maximum Gasteiger partial charge on any atom is 0.336 e. The molecule has 0 aliphatic rings. The molecule has 1 heterocycles. The zero-order chi connectivity index (χ0) is 15.2. The van der Waals surface area contributed by atoms with Gasteiger partial charge in [0.1, 0.15) is 11.3 Å². The van der Waals surface area contributed by atoms with Crippen molar-refractivity contribution >= 4 is 16.8 Å². The summed E-state index contributed by atoms with van der Waals surface area (Å²) in [6, 6.07) is 8.44. The van der Waals surface area contributed by atoms with Crippen molar-refractivity contribution in [3.63, 3.8) is 0 Å². The molecule has 0 saturated carbocycles. The maximum absolute atomic E-state index is 11.5. The van der Waals surface area contributed by atoms with Crippen LogP contribution in [0.2, 0.25) is 0 Å². The molecule has 0 radical (unpaired) electrons. The lowest BCUT2D eigenvalue weighted by Crippen LogP contribution is -2.02. The zero-order valence-electron chi connectivity index (χ0n) is 12.2. The molecule has 0 unspecified atom stereocenters. The minimum atomic E-state index is -0.382. The van der Waals surface area contributed by atoms with Gasteiger partial charge in [0, 0.05) is 23.9 Å². The van der Waals surface area contributed by atoms with Crippen molar-refractivity contribution in [2.24, 2.45) is 0 Å². The van der Waals surface area contributed by atoms with Crippen LogP contribution < -0.4 is 10.4 Å². The van der Waals surface area contributed by atoms with Crippen molar-refractivity contribution < 1.29 is 13.9 Å². The van der Waals surface area contributed by atoms with Gasteiger partial charge in [0.05, 0.1) is 6.61 Å². The summed E-state index contributed by atoms with van der Waals surface area (Å²) in [6.07, 6.45) is 2.76. The number of allylic oxidation sites excluding steroid dienone is 2. The van der Waals surface area contributed by atoms with E-state index in [4.69, 9.17) is 9.15 Å². The third-order valence-corrected chi connectivity index (χ3v) is 2.88. The molecule has 0 bridgehead atoms. The Morgan fingerprint density at radius 3 is 2.76 bits per heavy atom. The first kappa shape index (κ1) is 15.0. The van der Waals surface area contributed by atoms with E-state index >= 15 is 0 Å². The third kappa shape index (κ3) is 4.60. The molecule has 0 spiro atoms. The van der Waals surface area contributed by atoms with Gasteiger partial charge in [-0.05, 0) is 44.5 Å². The number of hydrogen-bond donors (Lipinski definition) is 0. The molecular weight excluding hydrogens is 268 g/mol. The summed E-state index contributed by atoms with van der Waals surface area (Å²) in [5.74, 6) is 0.745. The van der Waals surface area contributed by atoms with Crippen molar-refractivity contribution in [3.8, 4) is 5.75 Å². The van der Waals surface area contributed by atoms with Crippen LogP contribution in [0.4, 0.5) is 0 Å². The van der Waals surface area contributed by atoms with Crippen molar-refractivity contribution in [3.05, 3.63) is 52.4 Å². The molecule has 1 aromatic carbocycles. The lowest BCUT2D eigenvalue weighted by atomic mass is 10.2. The molecule has 2 rings (SSSR count). The van der Waals surface area contributed by atoms with E-state index in [1.165, 1.54) is 6.07 Å². The second kappa shape index (κ2) is 6.88. The molecule has 4 nitrogen and oxygen atoms in total. The summed E-state index contributed by atoms with van der Waals surface area (Å²) in [5, 5.41) is 0.848. The van der Waals surface area contributed by atoms with E-state index in [1.54, 1.807) is 18.2 Å². The first-order valence-corrected chi connectivity index (χ1v) is 6.89. The fraction of sp³-hybridized carbons (Fsp3) is 0.294. The number of ketones is 1. The van der Waals surface area contributed by atoms with Crippen molar-refractivity contribution in [2.75, 3.05) is 6.61 Å². The van der Waals surface area contributed by atoms with Gasteiger partial charge in [-0.2, -0.15) is 0 Å². The number of ether oxygens (including phenoxy) is 1. The molecule has 0 amide bonds. The predicted octanol–water partition coefficient (Wildman–Crippen LogP) is 3.49. The standard InChI is InChI=1S/C17H18O4/c1-12(2)10-14(18)4-3-9-20-15-7-5-13-6-8-17(19)21-16(13)11-15/h5-8,10-11H,3-4,9H2,1-2H3. The highest BCUT2D eigenvalue weighted by Crippen LogP contribution is 2.19. The summed E-state index contributed by atoms with van der Waals surface area (Å²) < 4.78 is 10.7. The Morgan fingerprint density at radius 1 is 1.24 bits per heavy atom. The monoisotopic (exact) mass is 286 g/mol. The normalized spacial score (nSPS) is 10.4. The molecule has 21 heavy (non-hydrogen) atoms. The van der Waals surface area contributed by atoms with Gasteiger partial charge < -0.3 is 9.15 Å². The highest BCUT2D eigenvalue weighted by atomic mass is 16.5. The molecule has 0 aliphatic heterocycles. The van der Waals surface area contributed by atoms with Gasteiger partial charge in [-0.25, -0.2) is 4.79 Å². The lowest BCUT2D eigenvalue weighted by molar-refractivity contribution is -0.114. The van der Waals surface area contributed by atoms with Crippen LogP contribution >= 0.6 is 0 Å². The second-order valence-corrected chi connectivity index (χ2v) is 5.09. The number of fused-ring (bicyclic) bond motifs is 1. The van der Waals surface area contributed by atoms with E-state index in [1.807, 2.05) is 26.0 Å². The molecule has 1 aromatic heterocycles. The first-order valence-electron chi connectivity index (χ1n) is 6.89. The van der Waals surface area contributed by atoms with Crippen LogP contribution in [0, 0.1) is 0 Å². The fourth-order valence-corrected chi connectivity index (χ4v) is 1.96. The van der Waals surface area contributed by atoms with Gasteiger partial charge in [-0.1, -0.05) is 5.57 Å². The smallest absolute Gasteiger partial charge is 0.336 e. The number of rotatable bonds is 6. The number of hydrogen-bond acceptors (Lipinski definition) is 4. The highest BCUT2D eigenvalue weighted by Gasteiger charge is 2.02. The van der Waals surface area contributed by atoms with Crippen molar-refractivity contribution in [2.45, 2.75) is 26.7 Å². The molecule has 4 heteroatoms. The van der Waals surface area contributed by atoms with E-state index in [0.717, 1.165) is 11.0 Å². The average molecular weight is 286 g/mol. The van der Waals surface area contributed by atoms with E-state index in [0.29, 0.717) is 30.8 Å². The Bertz CT molecular complexity index is 721. The summed E-state index contributed by atoms with van der Waals surface area (Å²) in [6.45, 7) is 4.25. The van der Waals surface area contributed by atoms with Crippen molar-refractivity contribution in [1.82, 2.24) is 0 Å². The quantitative estimate of drug-likeness (QED) is 0.463. The minimum Gasteiger partial charge on any atom is -0.493 e. The molecule has 0 atom stereocenters. The molecular formula is C17H18O4. The summed E-state index contributed by atoms with van der Waals surface area (Å²) in [5.41, 5.74) is 1.12. The Balaban J connectivity index is 1.90. The number of carbonyl (C=O) groups is 1. The van der Waals surface area contributed by atoms with Crippen LogP contribution in [-0.4, -0.2) is 12.4 Å². The minimum absolute atomic E-state index is 0.114. The van der Waals surface area contributed by atoms with Crippen LogP contribution in [0.3, 0.4) is 0 Å². The largest absolute Gasteiger partial charge is 0.493 e. The van der Waals surface area contributed by atoms with Gasteiger partial charge in [-0.3, -0.25) is 4.79 Å². The van der Waals surface area contributed by atoms with Gasteiger partial charge in [0.25, 0.3) is 0 Å². The maximum atomic E-state index is 11.5. The van der Waals surface area contributed by atoms with Crippen LogP contribution in [0.25, 0.3) is 11.0 Å². The first-order chi connectivity index (χ1) is 10.0. The molecule has 110 valence electrons. The average Bonchev–Trinajstić information content (AvgIpc) is 2.42. The summed E-state index contributed by atoms with van der Waals surface area (Å²) in [7, 11) is 0. The van der Waals surface area contributed by atoms with Crippen LogP contribution in [0.15, 0.2) is 51.2 Å². The Kier molecular flexibility index (Phi) is 4.93. The Labute approximate surface area is 123 Å². The number of carbonyl (C=O) groups excluding carboxylic acids is 1. The highest BCUT2D eigenvalue weighted by molar-refractivity contribution is 5.90. The van der Waals surface area contributed by atoms with Gasteiger partial charge >= 0.3 is 5.63 Å². The summed E-state index contributed by atoms with van der Waals surface area (Å²) >= 11 is 0. The SMILES string of the molecule is CC(C)=CC(=O)CCCOc1ccc2ccc(=O)oc2c1. The van der Waals surface area contributed by atoms with Crippen molar-refractivity contribution in [1.29, 1.82) is 0 Å². The van der Waals surface area contributed by atoms with E-state index in [9.17, 15) is 9.59 Å². The van der Waals surface area contributed by atoms with E-state index in [2.05, 4.69) is 0 Å². The van der Waals surface area contributed by atoms with Gasteiger partial charge in [0.2, 0.25) is 0 Å². The fourth-order valence-electron chi connectivity index (χ4n) is 1.96. The summed E-state index contributed by atoms with van der Waals surface area (Å²) in [4.78, 5) is 22.7. The number of benzene rings is 1. The third-order valence-electron chi connectivity index (χ3n) is 2.88. The lowest BCUT2D eigenvalue weighted by Gasteiger charge is -2.06. The van der Waals surface area contributed by atoms with Crippen LogP contribution in [0.5, 0.6) is 5.75 Å². The molecule has 2 aromatic rings. The van der Waals surface area contributed by atoms with Crippen LogP contribution in [-0.2, 0) is 4.79 Å². The second-order valence-electron chi connectivity index (χ2n) is 5.09. The molecule has 0 N–H and O–H groups in total. The van der Waals surface area contributed by atoms with E-state index < -0.39 is 0 Å². The van der Waals surface area contributed by atoms with Gasteiger partial charge in [0.15, 0.2) is 5.78 Å². The van der Waals surface area contributed by atoms with E-state index in [-0.39, 0.29) is 11.4 Å². The van der Waals surface area contributed by atoms with Crippen LogP contribution in [0.1, 0.15) is 26.7 Å². The topological polar surface area (TPSA) is 56.5 Å². The molecule has 0 saturated heterocycles.